The van der Waals surface area contributed by atoms with Gasteiger partial charge in [-0.15, -0.1) is 0 Å². The van der Waals surface area contributed by atoms with Crippen molar-refractivity contribution in [3.05, 3.63) is 24.0 Å². The first-order valence-corrected chi connectivity index (χ1v) is 6.63. The maximum Gasteiger partial charge on any atom is 0.308 e. The van der Waals surface area contributed by atoms with Crippen LogP contribution in [0.1, 0.15) is 18.4 Å². The van der Waals surface area contributed by atoms with Gasteiger partial charge in [-0.05, 0) is 18.9 Å². The van der Waals surface area contributed by atoms with E-state index in [1.165, 1.54) is 7.11 Å². The van der Waals surface area contributed by atoms with Crippen LogP contribution in [0.2, 0.25) is 0 Å². The van der Waals surface area contributed by atoms with Crippen LogP contribution >= 0.6 is 0 Å². The molecule has 1 saturated heterocycles. The molecule has 1 aromatic rings. The summed E-state index contributed by atoms with van der Waals surface area (Å²) in [6, 6.07) is 0. The molecule has 1 aliphatic rings. The van der Waals surface area contributed by atoms with E-state index in [1.54, 1.807) is 27.9 Å². The lowest BCUT2D eigenvalue weighted by Crippen LogP contribution is -2.39. The van der Waals surface area contributed by atoms with Crippen molar-refractivity contribution in [3.8, 4) is 0 Å². The van der Waals surface area contributed by atoms with Crippen molar-refractivity contribution in [2.45, 2.75) is 12.8 Å². The summed E-state index contributed by atoms with van der Waals surface area (Å²) in [5.74, 6) is -0.286. The van der Waals surface area contributed by atoms with Crippen LogP contribution in [0.25, 0.3) is 6.08 Å². The number of piperidine rings is 1. The Bertz CT molecular complexity index is 513. The van der Waals surface area contributed by atoms with Crippen molar-refractivity contribution < 1.29 is 14.3 Å². The summed E-state index contributed by atoms with van der Waals surface area (Å²) in [6.07, 6.45) is 8.18. The van der Waals surface area contributed by atoms with Gasteiger partial charge < -0.3 is 9.64 Å². The molecule has 0 spiro atoms. The van der Waals surface area contributed by atoms with Crippen molar-refractivity contribution in [2.75, 3.05) is 20.2 Å². The second-order valence-corrected chi connectivity index (χ2v) is 4.90. The van der Waals surface area contributed by atoms with Gasteiger partial charge in [0, 0.05) is 38.0 Å². The van der Waals surface area contributed by atoms with Gasteiger partial charge in [-0.3, -0.25) is 14.3 Å². The fraction of sp³-hybridized carbons (Fsp3) is 0.500. The number of rotatable bonds is 3. The third kappa shape index (κ3) is 3.46. The Morgan fingerprint density at radius 3 is 2.65 bits per heavy atom. The Kier molecular flexibility index (Phi) is 4.55. The van der Waals surface area contributed by atoms with Gasteiger partial charge in [-0.2, -0.15) is 5.10 Å². The van der Waals surface area contributed by atoms with Crippen LogP contribution in [0.15, 0.2) is 18.5 Å². The molecule has 0 radical (unpaired) electrons. The molecular formula is C14H19N3O3. The van der Waals surface area contributed by atoms with E-state index < -0.39 is 0 Å². The van der Waals surface area contributed by atoms with Crippen molar-refractivity contribution in [1.29, 1.82) is 0 Å². The molecule has 108 valence electrons. The number of amides is 1. The van der Waals surface area contributed by atoms with Crippen LogP contribution in [0.4, 0.5) is 0 Å². The normalized spacial score (nSPS) is 16.6. The lowest BCUT2D eigenvalue weighted by molar-refractivity contribution is -0.148. The molecule has 0 saturated carbocycles. The maximum absolute atomic E-state index is 12.0. The lowest BCUT2D eigenvalue weighted by Gasteiger charge is -2.29. The van der Waals surface area contributed by atoms with Gasteiger partial charge in [0.2, 0.25) is 5.91 Å². The first kappa shape index (κ1) is 14.3. The van der Waals surface area contributed by atoms with Crippen LogP contribution in [0.5, 0.6) is 0 Å². The smallest absolute Gasteiger partial charge is 0.308 e. The topological polar surface area (TPSA) is 64.4 Å². The van der Waals surface area contributed by atoms with Crippen LogP contribution in [0, 0.1) is 5.92 Å². The van der Waals surface area contributed by atoms with Gasteiger partial charge in [0.1, 0.15) is 0 Å². The standard InChI is InChI=1S/C14H19N3O3/c1-16-10-11(9-15-16)3-4-13(18)17-7-5-12(6-8-17)14(19)20-2/h3-4,9-10,12H,5-8H2,1-2H3/b4-3+. The number of hydrogen-bond donors (Lipinski definition) is 0. The van der Waals surface area contributed by atoms with Crippen molar-refractivity contribution in [2.24, 2.45) is 13.0 Å². The molecule has 0 unspecified atom stereocenters. The molecule has 1 aliphatic heterocycles. The molecule has 6 nitrogen and oxygen atoms in total. The van der Waals surface area contributed by atoms with Gasteiger partial charge in [0.25, 0.3) is 0 Å². The highest BCUT2D eigenvalue weighted by molar-refractivity contribution is 5.91. The quantitative estimate of drug-likeness (QED) is 0.607. The fourth-order valence-corrected chi connectivity index (χ4v) is 2.30. The molecule has 1 aromatic heterocycles. The molecule has 1 fully saturated rings. The second kappa shape index (κ2) is 6.36. The van der Waals surface area contributed by atoms with E-state index >= 15 is 0 Å². The van der Waals surface area contributed by atoms with E-state index in [2.05, 4.69) is 5.10 Å². The lowest BCUT2D eigenvalue weighted by atomic mass is 9.97. The average molecular weight is 277 g/mol. The Morgan fingerprint density at radius 2 is 2.10 bits per heavy atom. The number of hydrogen-bond acceptors (Lipinski definition) is 4. The summed E-state index contributed by atoms with van der Waals surface area (Å²) in [5.41, 5.74) is 0.894. The van der Waals surface area contributed by atoms with Gasteiger partial charge in [0.05, 0.1) is 19.2 Å². The molecule has 0 bridgehead atoms. The van der Waals surface area contributed by atoms with Gasteiger partial charge in [0.15, 0.2) is 0 Å². The van der Waals surface area contributed by atoms with Crippen LogP contribution in [-0.2, 0) is 21.4 Å². The molecule has 20 heavy (non-hydrogen) atoms. The largest absolute Gasteiger partial charge is 0.469 e. The van der Waals surface area contributed by atoms with E-state index in [4.69, 9.17) is 4.74 Å². The predicted octanol–water partition coefficient (Wildman–Crippen LogP) is 0.845. The van der Waals surface area contributed by atoms with Crippen molar-refractivity contribution >= 4 is 18.0 Å². The molecule has 0 aromatic carbocycles. The SMILES string of the molecule is COC(=O)C1CCN(C(=O)/C=C/c2cnn(C)c2)CC1. The number of ether oxygens (including phenoxy) is 1. The van der Waals surface area contributed by atoms with Crippen LogP contribution < -0.4 is 0 Å². The highest BCUT2D eigenvalue weighted by Crippen LogP contribution is 2.18. The third-order valence-electron chi connectivity index (χ3n) is 3.48. The van der Waals surface area contributed by atoms with Gasteiger partial charge in [-0.25, -0.2) is 0 Å². The monoisotopic (exact) mass is 277 g/mol. The van der Waals surface area contributed by atoms with E-state index in [0.29, 0.717) is 25.9 Å². The Hall–Kier alpha value is -2.11. The summed E-state index contributed by atoms with van der Waals surface area (Å²) in [7, 11) is 3.23. The van der Waals surface area contributed by atoms with E-state index in [0.717, 1.165) is 5.56 Å². The molecule has 2 heterocycles. The molecular weight excluding hydrogens is 258 g/mol. The number of carbonyl (C=O) groups excluding carboxylic acids is 2. The Labute approximate surface area is 118 Å². The first-order valence-electron chi connectivity index (χ1n) is 6.63. The first-order chi connectivity index (χ1) is 9.60. The summed E-state index contributed by atoms with van der Waals surface area (Å²) in [6.45, 7) is 1.19. The molecule has 1 amide bonds. The van der Waals surface area contributed by atoms with Crippen molar-refractivity contribution in [1.82, 2.24) is 14.7 Å². The Morgan fingerprint density at radius 1 is 1.40 bits per heavy atom. The molecule has 2 rings (SSSR count). The number of methoxy groups -OCH3 is 1. The summed E-state index contributed by atoms with van der Waals surface area (Å²) < 4.78 is 6.41. The highest BCUT2D eigenvalue weighted by atomic mass is 16.5. The third-order valence-corrected chi connectivity index (χ3v) is 3.48. The number of likely N-dealkylation sites (tertiary alicyclic amines) is 1. The van der Waals surface area contributed by atoms with E-state index in [-0.39, 0.29) is 17.8 Å². The predicted molar refractivity (Wildman–Crippen MR) is 73.6 cm³/mol. The number of aryl methyl sites for hydroxylation is 1. The van der Waals surface area contributed by atoms with Crippen LogP contribution in [-0.4, -0.2) is 46.8 Å². The molecule has 6 heteroatoms. The summed E-state index contributed by atoms with van der Waals surface area (Å²) in [4.78, 5) is 25.2. The van der Waals surface area contributed by atoms with Crippen LogP contribution in [0.3, 0.4) is 0 Å². The number of carbonyl (C=O) groups is 2. The fourth-order valence-electron chi connectivity index (χ4n) is 2.30. The number of esters is 1. The molecule has 0 N–H and O–H groups in total. The van der Waals surface area contributed by atoms with E-state index in [9.17, 15) is 9.59 Å². The molecule has 0 atom stereocenters. The summed E-state index contributed by atoms with van der Waals surface area (Å²) in [5, 5.41) is 4.03. The maximum atomic E-state index is 12.0. The zero-order valence-corrected chi connectivity index (χ0v) is 11.8. The number of aromatic nitrogens is 2. The zero-order valence-electron chi connectivity index (χ0n) is 11.8. The van der Waals surface area contributed by atoms with Gasteiger partial charge >= 0.3 is 5.97 Å². The minimum absolute atomic E-state index is 0.0304. The van der Waals surface area contributed by atoms with Crippen molar-refractivity contribution in [3.63, 3.8) is 0 Å². The molecule has 0 aliphatic carbocycles. The number of nitrogens with zero attached hydrogens (tertiary/aromatic N) is 3. The highest BCUT2D eigenvalue weighted by Gasteiger charge is 2.26. The average Bonchev–Trinajstić information content (AvgIpc) is 2.89. The minimum atomic E-state index is -0.178. The summed E-state index contributed by atoms with van der Waals surface area (Å²) >= 11 is 0. The van der Waals surface area contributed by atoms with Gasteiger partial charge in [-0.1, -0.05) is 0 Å². The second-order valence-electron chi connectivity index (χ2n) is 4.90. The minimum Gasteiger partial charge on any atom is -0.469 e. The Balaban J connectivity index is 1.86. The van der Waals surface area contributed by atoms with E-state index in [1.807, 2.05) is 13.2 Å². The zero-order chi connectivity index (χ0) is 14.5.